The molecule has 2 N–H and O–H groups in total. The average molecular weight is 377 g/mol. The first-order valence-corrected chi connectivity index (χ1v) is 11.2. The summed E-state index contributed by atoms with van der Waals surface area (Å²) in [7, 11) is 0. The van der Waals surface area contributed by atoms with E-state index in [-0.39, 0.29) is 11.5 Å². The summed E-state index contributed by atoms with van der Waals surface area (Å²) in [6, 6.07) is 4.96. The highest BCUT2D eigenvalue weighted by molar-refractivity contribution is 5.48. The Labute approximate surface area is 166 Å². The van der Waals surface area contributed by atoms with Crippen LogP contribution >= 0.6 is 0 Å². The second-order valence-electron chi connectivity index (χ2n) is 7.78. The zero-order valence-corrected chi connectivity index (χ0v) is 17.1. The van der Waals surface area contributed by atoms with Gasteiger partial charge in [-0.2, -0.15) is 0 Å². The van der Waals surface area contributed by atoms with Crippen molar-refractivity contribution in [2.24, 2.45) is 0 Å². The van der Waals surface area contributed by atoms with Gasteiger partial charge in [-0.3, -0.25) is 0 Å². The van der Waals surface area contributed by atoms with Crippen molar-refractivity contribution in [1.82, 2.24) is 0 Å². The first-order chi connectivity index (χ1) is 13.3. The summed E-state index contributed by atoms with van der Waals surface area (Å²) in [5.74, 6) is 0.431. The van der Waals surface area contributed by atoms with Crippen LogP contribution in [0.4, 0.5) is 0 Å². The molecule has 1 rings (SSSR count). The highest BCUT2D eigenvalue weighted by atomic mass is 16.3. The molecule has 1 aromatic carbocycles. The van der Waals surface area contributed by atoms with Crippen molar-refractivity contribution >= 4 is 6.29 Å². The largest absolute Gasteiger partial charge is 0.508 e. The quantitative estimate of drug-likeness (QED) is 0.212. The van der Waals surface area contributed by atoms with Crippen molar-refractivity contribution in [3.05, 3.63) is 23.8 Å². The summed E-state index contributed by atoms with van der Waals surface area (Å²) in [6.45, 7) is 0. The smallest absolute Gasteiger partial charge is 0.122 e. The van der Waals surface area contributed by atoms with Crippen molar-refractivity contribution < 1.29 is 15.0 Å². The molecule has 1 aromatic rings. The maximum atomic E-state index is 10.2. The lowest BCUT2D eigenvalue weighted by Crippen LogP contribution is -1.88. The molecule has 0 aliphatic carbocycles. The summed E-state index contributed by atoms with van der Waals surface area (Å²) in [4.78, 5) is 10.2. The monoisotopic (exact) mass is 376 g/mol. The number of benzene rings is 1. The Morgan fingerprint density at radius 2 is 0.963 bits per heavy atom. The summed E-state index contributed by atoms with van der Waals surface area (Å²) >= 11 is 0. The van der Waals surface area contributed by atoms with Crippen LogP contribution < -0.4 is 0 Å². The van der Waals surface area contributed by atoms with E-state index in [1.165, 1.54) is 83.5 Å². The number of aromatic hydroxyl groups is 2. The van der Waals surface area contributed by atoms with Crippen molar-refractivity contribution in [2.75, 3.05) is 0 Å². The molecule has 154 valence electrons. The van der Waals surface area contributed by atoms with Crippen molar-refractivity contribution in [2.45, 2.75) is 109 Å². The molecule has 0 fully saturated rings. The molecule has 3 nitrogen and oxygen atoms in total. The lowest BCUT2D eigenvalue weighted by Gasteiger charge is -2.07. The lowest BCUT2D eigenvalue weighted by molar-refractivity contribution is -0.107. The maximum Gasteiger partial charge on any atom is 0.122 e. The summed E-state index contributed by atoms with van der Waals surface area (Å²) in [5.41, 5.74) is 0.693. The Hall–Kier alpha value is -1.51. The molecule has 0 amide bonds. The Balaban J connectivity index is 1.80. The molecular weight excluding hydrogens is 336 g/mol. The minimum atomic E-state index is 0.216. The maximum absolute atomic E-state index is 10.2. The predicted octanol–water partition coefficient (Wildman–Crippen LogP) is 7.08. The molecule has 0 bridgehead atoms. The minimum Gasteiger partial charge on any atom is -0.508 e. The summed E-state index contributed by atoms with van der Waals surface area (Å²) < 4.78 is 0. The molecule has 0 saturated carbocycles. The van der Waals surface area contributed by atoms with E-state index in [9.17, 15) is 15.0 Å². The van der Waals surface area contributed by atoms with Gasteiger partial charge in [-0.25, -0.2) is 0 Å². The van der Waals surface area contributed by atoms with Crippen LogP contribution in [-0.2, 0) is 11.2 Å². The van der Waals surface area contributed by atoms with Crippen LogP contribution in [0.5, 0.6) is 11.5 Å². The van der Waals surface area contributed by atoms with Gasteiger partial charge in [0.05, 0.1) is 0 Å². The first kappa shape index (κ1) is 23.5. The normalized spacial score (nSPS) is 11.0. The number of aldehydes is 1. The van der Waals surface area contributed by atoms with Crippen LogP contribution in [0, 0.1) is 0 Å². The van der Waals surface area contributed by atoms with E-state index >= 15 is 0 Å². The fraction of sp³-hybridized carbons (Fsp3) is 0.708. The van der Waals surface area contributed by atoms with Gasteiger partial charge < -0.3 is 15.0 Å². The fourth-order valence-corrected chi connectivity index (χ4v) is 3.65. The zero-order chi connectivity index (χ0) is 19.6. The van der Waals surface area contributed by atoms with E-state index in [2.05, 4.69) is 0 Å². The third-order valence-corrected chi connectivity index (χ3v) is 5.38. The van der Waals surface area contributed by atoms with Gasteiger partial charge in [-0.05, 0) is 31.4 Å². The van der Waals surface area contributed by atoms with E-state index in [4.69, 9.17) is 0 Å². The van der Waals surface area contributed by atoms with Gasteiger partial charge in [0.1, 0.15) is 17.8 Å². The number of hydrogen-bond donors (Lipinski definition) is 2. The van der Waals surface area contributed by atoms with Gasteiger partial charge >= 0.3 is 0 Å². The molecule has 0 unspecified atom stereocenters. The second kappa shape index (κ2) is 16.6. The molecular formula is C24H40O3. The first-order valence-electron chi connectivity index (χ1n) is 11.2. The zero-order valence-electron chi connectivity index (χ0n) is 17.1. The van der Waals surface area contributed by atoms with E-state index in [1.807, 2.05) is 0 Å². The summed E-state index contributed by atoms with van der Waals surface area (Å²) in [5, 5.41) is 19.5. The highest BCUT2D eigenvalue weighted by Crippen LogP contribution is 2.28. The molecule has 0 aromatic heterocycles. The number of hydrogen-bond acceptors (Lipinski definition) is 3. The highest BCUT2D eigenvalue weighted by Gasteiger charge is 2.05. The number of rotatable bonds is 18. The third kappa shape index (κ3) is 12.5. The average Bonchev–Trinajstić information content (AvgIpc) is 2.66. The fourth-order valence-electron chi connectivity index (χ4n) is 3.65. The molecule has 0 heterocycles. The van der Waals surface area contributed by atoms with Crippen LogP contribution in [0.15, 0.2) is 18.2 Å². The second-order valence-corrected chi connectivity index (χ2v) is 7.78. The van der Waals surface area contributed by atoms with Gasteiger partial charge in [0.15, 0.2) is 0 Å². The number of phenolic OH excluding ortho intramolecular Hbond substituents is 2. The Morgan fingerprint density at radius 3 is 1.37 bits per heavy atom. The Bertz CT molecular complexity index is 464. The van der Waals surface area contributed by atoms with Crippen LogP contribution in [0.2, 0.25) is 0 Å². The molecule has 3 heteroatoms. The molecule has 0 saturated heterocycles. The molecule has 0 spiro atoms. The predicted molar refractivity (Wildman–Crippen MR) is 113 cm³/mol. The van der Waals surface area contributed by atoms with Crippen LogP contribution in [0.1, 0.15) is 108 Å². The van der Waals surface area contributed by atoms with Crippen LogP contribution in [-0.4, -0.2) is 16.5 Å². The topological polar surface area (TPSA) is 57.5 Å². The SMILES string of the molecule is O=CCCCCCCCCCCCCCCCCCc1c(O)cccc1O. The molecule has 0 radical (unpaired) electrons. The number of carbonyl (C=O) groups is 1. The minimum absolute atomic E-state index is 0.216. The Kier molecular flexibility index (Phi) is 14.5. The van der Waals surface area contributed by atoms with Gasteiger partial charge in [-0.15, -0.1) is 0 Å². The molecule has 0 aliphatic rings. The van der Waals surface area contributed by atoms with E-state index < -0.39 is 0 Å². The third-order valence-electron chi connectivity index (χ3n) is 5.38. The van der Waals surface area contributed by atoms with Crippen LogP contribution in [0.25, 0.3) is 0 Å². The lowest BCUT2D eigenvalue weighted by atomic mass is 10.0. The van der Waals surface area contributed by atoms with Gasteiger partial charge in [-0.1, -0.05) is 89.5 Å². The standard InChI is InChI=1S/C24H40O3/c25-21-16-14-12-10-8-6-4-2-1-3-5-7-9-11-13-15-18-22-23(26)19-17-20-24(22)27/h17,19-21,26-27H,1-16,18H2. The summed E-state index contributed by atoms with van der Waals surface area (Å²) in [6.07, 6.45) is 21.7. The van der Waals surface area contributed by atoms with Crippen LogP contribution in [0.3, 0.4) is 0 Å². The molecule has 0 atom stereocenters. The number of unbranched alkanes of at least 4 members (excludes halogenated alkanes) is 15. The van der Waals surface area contributed by atoms with Gasteiger partial charge in [0, 0.05) is 12.0 Å². The Morgan fingerprint density at radius 1 is 0.593 bits per heavy atom. The molecule has 27 heavy (non-hydrogen) atoms. The van der Waals surface area contributed by atoms with E-state index in [0.29, 0.717) is 5.56 Å². The van der Waals surface area contributed by atoms with Crippen molar-refractivity contribution in [3.63, 3.8) is 0 Å². The van der Waals surface area contributed by atoms with E-state index in [0.717, 1.165) is 32.0 Å². The van der Waals surface area contributed by atoms with Gasteiger partial charge in [0.25, 0.3) is 0 Å². The number of carbonyl (C=O) groups excluding carboxylic acids is 1. The van der Waals surface area contributed by atoms with Gasteiger partial charge in [0.2, 0.25) is 0 Å². The number of phenols is 2. The van der Waals surface area contributed by atoms with Crippen molar-refractivity contribution in [1.29, 1.82) is 0 Å². The molecule has 0 aliphatic heterocycles. The van der Waals surface area contributed by atoms with E-state index in [1.54, 1.807) is 18.2 Å². The van der Waals surface area contributed by atoms with Crippen molar-refractivity contribution in [3.8, 4) is 11.5 Å².